The van der Waals surface area contributed by atoms with E-state index in [-0.39, 0.29) is 12.6 Å². The van der Waals surface area contributed by atoms with Crippen LogP contribution in [0.1, 0.15) is 36.3 Å². The van der Waals surface area contributed by atoms with Crippen LogP contribution < -0.4 is 4.90 Å². The molecule has 8 nitrogen and oxygen atoms in total. The van der Waals surface area contributed by atoms with Crippen LogP contribution in [0.15, 0.2) is 42.9 Å². The first-order valence-electron chi connectivity index (χ1n) is 12.9. The van der Waals surface area contributed by atoms with Gasteiger partial charge in [-0.25, -0.2) is 9.78 Å². The Balaban J connectivity index is 1.40. The first-order chi connectivity index (χ1) is 18.0. The number of morpholine rings is 1. The number of imidazole rings is 1. The number of fused-ring (bicyclic) bond motifs is 2. The molecule has 0 aliphatic carbocycles. The third-order valence-electron chi connectivity index (χ3n) is 7.34. The maximum absolute atomic E-state index is 13.2. The zero-order valence-corrected chi connectivity index (χ0v) is 21.9. The second-order valence-electron chi connectivity index (χ2n) is 9.60. The number of aryl methyl sites for hydroxylation is 2. The van der Waals surface area contributed by atoms with Crippen molar-refractivity contribution in [2.75, 3.05) is 37.8 Å². The molecule has 2 aliphatic rings. The lowest BCUT2D eigenvalue weighted by Crippen LogP contribution is -2.36. The van der Waals surface area contributed by atoms with E-state index < -0.39 is 6.04 Å². The van der Waals surface area contributed by atoms with Gasteiger partial charge in [-0.05, 0) is 56.0 Å². The number of aromatic nitrogens is 4. The molecule has 37 heavy (non-hydrogen) atoms. The van der Waals surface area contributed by atoms with E-state index in [9.17, 15) is 4.79 Å². The Bertz CT molecular complexity index is 1450. The van der Waals surface area contributed by atoms with Crippen LogP contribution in [0.25, 0.3) is 22.0 Å². The molecule has 0 saturated carbocycles. The van der Waals surface area contributed by atoms with Crippen LogP contribution in [-0.2, 0) is 27.2 Å². The van der Waals surface area contributed by atoms with Gasteiger partial charge in [0, 0.05) is 48.2 Å². The molecule has 2 aliphatic heterocycles. The highest BCUT2D eigenvalue weighted by molar-refractivity contribution is 6.38. The fourth-order valence-electron chi connectivity index (χ4n) is 5.44. The molecule has 1 unspecified atom stereocenters. The highest BCUT2D eigenvalue weighted by Crippen LogP contribution is 2.38. The summed E-state index contributed by atoms with van der Waals surface area (Å²) in [6.07, 6.45) is 5.63. The van der Waals surface area contributed by atoms with E-state index in [4.69, 9.17) is 26.2 Å². The van der Waals surface area contributed by atoms with Crippen molar-refractivity contribution in [2.45, 2.75) is 39.3 Å². The Morgan fingerprint density at radius 3 is 2.73 bits per heavy atom. The summed E-state index contributed by atoms with van der Waals surface area (Å²) in [5, 5.41) is 6.32. The third kappa shape index (κ3) is 4.28. The number of esters is 1. The van der Waals surface area contributed by atoms with Crippen LogP contribution in [-0.4, -0.2) is 58.2 Å². The second-order valence-corrected chi connectivity index (χ2v) is 9.98. The molecule has 0 bridgehead atoms. The van der Waals surface area contributed by atoms with Crippen molar-refractivity contribution in [1.82, 2.24) is 19.3 Å². The van der Waals surface area contributed by atoms with Gasteiger partial charge in [0.25, 0.3) is 0 Å². The van der Waals surface area contributed by atoms with Crippen molar-refractivity contribution < 1.29 is 14.3 Å². The Morgan fingerprint density at radius 2 is 1.97 bits per heavy atom. The molecule has 4 heterocycles. The van der Waals surface area contributed by atoms with Crippen LogP contribution >= 0.6 is 11.6 Å². The molecular formula is C28H30ClN5O3. The molecule has 9 heteroatoms. The average molecular weight is 520 g/mol. The summed E-state index contributed by atoms with van der Waals surface area (Å²) < 4.78 is 14.7. The van der Waals surface area contributed by atoms with Crippen LogP contribution in [0.3, 0.4) is 0 Å². The largest absolute Gasteiger partial charge is 0.464 e. The smallest absolute Gasteiger partial charge is 0.337 e. The molecule has 192 valence electrons. The predicted molar refractivity (Wildman–Crippen MR) is 143 cm³/mol. The number of rotatable bonds is 6. The van der Waals surface area contributed by atoms with Gasteiger partial charge in [0.2, 0.25) is 0 Å². The number of hydrogen-bond acceptors (Lipinski definition) is 6. The van der Waals surface area contributed by atoms with Crippen LogP contribution in [0.4, 0.5) is 5.69 Å². The van der Waals surface area contributed by atoms with Crippen molar-refractivity contribution in [3.8, 4) is 11.1 Å². The van der Waals surface area contributed by atoms with E-state index in [2.05, 4.69) is 44.8 Å². The zero-order chi connectivity index (χ0) is 25.5. The van der Waals surface area contributed by atoms with Crippen molar-refractivity contribution in [1.29, 1.82) is 0 Å². The molecule has 0 radical (unpaired) electrons. The highest BCUT2D eigenvalue weighted by atomic mass is 35.5. The van der Waals surface area contributed by atoms with Crippen molar-refractivity contribution in [2.24, 2.45) is 0 Å². The van der Waals surface area contributed by atoms with Gasteiger partial charge in [0.05, 0.1) is 36.9 Å². The quantitative estimate of drug-likeness (QED) is 0.341. The van der Waals surface area contributed by atoms with Crippen molar-refractivity contribution >= 4 is 34.2 Å². The van der Waals surface area contributed by atoms with Gasteiger partial charge < -0.3 is 18.9 Å². The Kier molecular flexibility index (Phi) is 6.38. The maximum Gasteiger partial charge on any atom is 0.337 e. The molecule has 1 fully saturated rings. The third-order valence-corrected chi connectivity index (χ3v) is 7.72. The summed E-state index contributed by atoms with van der Waals surface area (Å²) in [4.78, 5) is 20.1. The Morgan fingerprint density at radius 1 is 1.19 bits per heavy atom. The molecule has 4 aromatic rings. The zero-order valence-electron chi connectivity index (χ0n) is 21.1. The molecular weight excluding hydrogens is 490 g/mol. The van der Waals surface area contributed by atoms with Crippen LogP contribution in [0.5, 0.6) is 0 Å². The molecule has 0 spiro atoms. The van der Waals surface area contributed by atoms with Crippen LogP contribution in [0.2, 0.25) is 5.02 Å². The van der Waals surface area contributed by atoms with Crippen LogP contribution in [0, 0.1) is 6.92 Å². The average Bonchev–Trinajstić information content (AvgIpc) is 3.65. The van der Waals surface area contributed by atoms with Gasteiger partial charge in [-0.3, -0.25) is 4.68 Å². The second kappa shape index (κ2) is 9.84. The first kappa shape index (κ1) is 24.0. The van der Waals surface area contributed by atoms with E-state index in [1.165, 1.54) is 5.69 Å². The lowest BCUT2D eigenvalue weighted by molar-refractivity contribution is -0.146. The fourth-order valence-corrected chi connectivity index (χ4v) is 5.75. The Labute approximate surface area is 220 Å². The van der Waals surface area contributed by atoms with E-state index in [0.717, 1.165) is 73.5 Å². The molecule has 2 aromatic heterocycles. The minimum Gasteiger partial charge on any atom is -0.464 e. The molecule has 1 saturated heterocycles. The van der Waals surface area contributed by atoms with E-state index in [0.29, 0.717) is 16.2 Å². The minimum atomic E-state index is -0.756. The van der Waals surface area contributed by atoms with E-state index in [1.807, 2.05) is 26.4 Å². The number of halogens is 1. The summed E-state index contributed by atoms with van der Waals surface area (Å²) in [5.41, 5.74) is 6.60. The number of hydrogen-bond donors (Lipinski definition) is 0. The van der Waals surface area contributed by atoms with Crippen molar-refractivity contribution in [3.05, 3.63) is 64.8 Å². The SMILES string of the molecule is CCOC(=O)C(c1ncn2c1CCC2)n1cc2c(C)cc(-c3ccc(N4CCOCC4)cc3)c(Cl)c2n1. The fraction of sp³-hybridized carbons (Fsp3) is 0.393. The first-order valence-corrected chi connectivity index (χ1v) is 13.2. The monoisotopic (exact) mass is 519 g/mol. The summed E-state index contributed by atoms with van der Waals surface area (Å²) in [6, 6.07) is 9.80. The summed E-state index contributed by atoms with van der Waals surface area (Å²) in [5.74, 6) is -0.364. The maximum atomic E-state index is 13.2. The topological polar surface area (TPSA) is 74.4 Å². The van der Waals surface area contributed by atoms with Gasteiger partial charge in [-0.15, -0.1) is 0 Å². The number of nitrogens with zero attached hydrogens (tertiary/aromatic N) is 5. The normalized spacial score (nSPS) is 16.2. The lowest BCUT2D eigenvalue weighted by Gasteiger charge is -2.29. The lowest BCUT2D eigenvalue weighted by atomic mass is 10.0. The van der Waals surface area contributed by atoms with Gasteiger partial charge in [0.1, 0.15) is 5.52 Å². The molecule has 6 rings (SSSR count). The highest BCUT2D eigenvalue weighted by Gasteiger charge is 2.32. The van der Waals surface area contributed by atoms with Gasteiger partial charge in [-0.1, -0.05) is 23.7 Å². The van der Waals surface area contributed by atoms with Gasteiger partial charge in [-0.2, -0.15) is 5.10 Å². The van der Waals surface area contributed by atoms with E-state index >= 15 is 0 Å². The number of carbonyl (C=O) groups is 1. The van der Waals surface area contributed by atoms with E-state index in [1.54, 1.807) is 4.68 Å². The number of anilines is 1. The Hall–Kier alpha value is -3.36. The minimum absolute atomic E-state index is 0.288. The molecule has 0 amide bonds. The summed E-state index contributed by atoms with van der Waals surface area (Å²) in [7, 11) is 0. The van der Waals surface area contributed by atoms with Crippen molar-refractivity contribution in [3.63, 3.8) is 0 Å². The van der Waals surface area contributed by atoms with Gasteiger partial charge >= 0.3 is 5.97 Å². The predicted octanol–water partition coefficient (Wildman–Crippen LogP) is 4.80. The van der Waals surface area contributed by atoms with Gasteiger partial charge in [0.15, 0.2) is 6.04 Å². The number of carbonyl (C=O) groups excluding carboxylic acids is 1. The summed E-state index contributed by atoms with van der Waals surface area (Å²) >= 11 is 6.98. The molecule has 2 aromatic carbocycles. The number of benzene rings is 2. The summed E-state index contributed by atoms with van der Waals surface area (Å²) in [6.45, 7) is 8.34. The molecule has 0 N–H and O–H groups in total. The molecule has 1 atom stereocenters. The standard InChI is InChI=1S/C28H30ClN5O3/c1-3-37-28(35)27(26-23-5-4-10-33(23)17-30-26)34-16-22-18(2)15-21(24(29)25(22)31-34)19-6-8-20(9-7-19)32-11-13-36-14-12-32/h6-9,15-17,27H,3-5,10-14H2,1-2H3. The number of ether oxygens (including phenoxy) is 2.